The summed E-state index contributed by atoms with van der Waals surface area (Å²) in [5.74, 6) is -0.993. The molecule has 3 rings (SSSR count). The van der Waals surface area contributed by atoms with Crippen molar-refractivity contribution in [3.05, 3.63) is 59.7 Å². The number of hydroxylamine groups is 1. The first-order chi connectivity index (χ1) is 15.0. The lowest BCUT2D eigenvalue weighted by molar-refractivity contribution is -0.131. The van der Waals surface area contributed by atoms with E-state index in [1.165, 1.54) is 5.56 Å². The van der Waals surface area contributed by atoms with E-state index in [1.807, 2.05) is 12.1 Å². The number of carbonyl (C=O) groups excluding carboxylic acids is 2. The number of nitrogens with zero attached hydrogens (tertiary/aromatic N) is 1. The van der Waals surface area contributed by atoms with Crippen molar-refractivity contribution in [3.8, 4) is 11.1 Å². The van der Waals surface area contributed by atoms with Gasteiger partial charge in [0.25, 0.3) is 11.8 Å². The number of likely N-dealkylation sites (tertiary alicyclic amines) is 1. The second kappa shape index (κ2) is 11.0. The summed E-state index contributed by atoms with van der Waals surface area (Å²) in [6, 6.07) is 15.1. The second-order valence-corrected chi connectivity index (χ2v) is 8.12. The highest BCUT2D eigenvalue weighted by atomic mass is 16.5. The van der Waals surface area contributed by atoms with Crippen molar-refractivity contribution in [2.75, 3.05) is 26.7 Å². The largest absolute Gasteiger partial charge is 0.339 e. The molecule has 0 aliphatic carbocycles. The molecule has 1 heterocycles. The maximum absolute atomic E-state index is 12.7. The fraction of sp³-hybridized carbons (Fsp3) is 0.417. The number of benzene rings is 2. The molecule has 1 aliphatic heterocycles. The maximum Gasteiger partial charge on any atom is 0.267 e. The summed E-state index contributed by atoms with van der Waals surface area (Å²) in [4.78, 5) is 27.0. The molecule has 31 heavy (non-hydrogen) atoms. The molecular formula is C24H32N4O3. The van der Waals surface area contributed by atoms with Crippen molar-refractivity contribution in [2.24, 2.45) is 0 Å². The van der Waals surface area contributed by atoms with Crippen LogP contribution in [0, 0.1) is 0 Å². The van der Waals surface area contributed by atoms with Gasteiger partial charge in [-0.2, -0.15) is 0 Å². The van der Waals surface area contributed by atoms with Crippen molar-refractivity contribution >= 4 is 11.8 Å². The zero-order chi connectivity index (χ0) is 22.2. The van der Waals surface area contributed by atoms with Crippen LogP contribution in [0.5, 0.6) is 0 Å². The molecule has 0 unspecified atom stereocenters. The van der Waals surface area contributed by atoms with Gasteiger partial charge in [0.15, 0.2) is 0 Å². The highest BCUT2D eigenvalue weighted by Gasteiger charge is 2.23. The lowest BCUT2D eigenvalue weighted by Crippen LogP contribution is -2.53. The highest BCUT2D eigenvalue weighted by molar-refractivity contribution is 5.97. The topological polar surface area (TPSA) is 93.7 Å². The minimum Gasteiger partial charge on any atom is -0.339 e. The summed E-state index contributed by atoms with van der Waals surface area (Å²) in [6.45, 7) is 4.37. The Morgan fingerprint density at radius 3 is 2.16 bits per heavy atom. The van der Waals surface area contributed by atoms with Crippen molar-refractivity contribution in [3.63, 3.8) is 0 Å². The summed E-state index contributed by atoms with van der Waals surface area (Å²) in [5.41, 5.74) is 5.50. The number of amides is 2. The van der Waals surface area contributed by atoms with Crippen LogP contribution in [0.4, 0.5) is 0 Å². The second-order valence-electron chi connectivity index (χ2n) is 8.12. The molecular weight excluding hydrogens is 392 g/mol. The van der Waals surface area contributed by atoms with Crippen LogP contribution in [0.25, 0.3) is 11.1 Å². The summed E-state index contributed by atoms with van der Waals surface area (Å²) in [7, 11) is 2.09. The maximum atomic E-state index is 12.7. The highest BCUT2D eigenvalue weighted by Crippen LogP contribution is 2.20. The van der Waals surface area contributed by atoms with Crippen molar-refractivity contribution < 1.29 is 14.8 Å². The number of rotatable bonds is 8. The molecule has 2 aromatic carbocycles. The molecule has 7 heteroatoms. The fourth-order valence-corrected chi connectivity index (χ4v) is 3.77. The number of hydrogen-bond acceptors (Lipinski definition) is 5. The van der Waals surface area contributed by atoms with Gasteiger partial charge in [0.05, 0.1) is 0 Å². The van der Waals surface area contributed by atoms with E-state index in [9.17, 15) is 9.59 Å². The van der Waals surface area contributed by atoms with Crippen molar-refractivity contribution in [1.82, 2.24) is 21.0 Å². The van der Waals surface area contributed by atoms with E-state index < -0.39 is 11.9 Å². The van der Waals surface area contributed by atoms with E-state index in [0.717, 1.165) is 43.5 Å². The summed E-state index contributed by atoms with van der Waals surface area (Å²) in [5, 5.41) is 15.1. The molecule has 2 amide bonds. The van der Waals surface area contributed by atoms with Gasteiger partial charge >= 0.3 is 0 Å². The summed E-state index contributed by atoms with van der Waals surface area (Å²) >= 11 is 0. The first-order valence-electron chi connectivity index (χ1n) is 10.9. The van der Waals surface area contributed by atoms with E-state index in [0.29, 0.717) is 11.6 Å². The predicted molar refractivity (Wildman–Crippen MR) is 121 cm³/mol. The van der Waals surface area contributed by atoms with E-state index in [4.69, 9.17) is 5.21 Å². The Bertz CT molecular complexity index is 859. The quantitative estimate of drug-likeness (QED) is 0.385. The number of nitrogens with one attached hydrogen (secondary N) is 3. The van der Waals surface area contributed by atoms with Crippen LogP contribution in [-0.4, -0.2) is 60.7 Å². The van der Waals surface area contributed by atoms with E-state index in [-0.39, 0.29) is 12.5 Å². The number of aryl methyl sites for hydroxylation is 1. The first-order valence-corrected chi connectivity index (χ1v) is 10.9. The van der Waals surface area contributed by atoms with Crippen LogP contribution in [0.1, 0.15) is 35.7 Å². The molecule has 1 fully saturated rings. The van der Waals surface area contributed by atoms with Gasteiger partial charge in [-0.15, -0.1) is 0 Å². The van der Waals surface area contributed by atoms with Crippen molar-refractivity contribution in [2.45, 2.75) is 38.3 Å². The summed E-state index contributed by atoms with van der Waals surface area (Å²) < 4.78 is 0. The minimum atomic E-state index is -0.863. The van der Waals surface area contributed by atoms with Gasteiger partial charge in [0, 0.05) is 18.2 Å². The molecule has 0 spiro atoms. The Kier molecular flexibility index (Phi) is 8.17. The fourth-order valence-electron chi connectivity index (χ4n) is 3.77. The van der Waals surface area contributed by atoms with Gasteiger partial charge in [-0.3, -0.25) is 14.8 Å². The standard InChI is InChI=1S/C24H32N4O3/c1-3-17-4-6-18(7-5-17)19-8-10-20(11-9-19)23(29)26-22(24(30)27-31)16-25-21-12-14-28(2)15-13-21/h4-11,21-22,25,31H,3,12-16H2,1-2H3,(H,26,29)(H,27,30)/t22-/m0/s1. The molecule has 0 radical (unpaired) electrons. The molecule has 0 bridgehead atoms. The Hall–Kier alpha value is -2.74. The molecule has 7 nitrogen and oxygen atoms in total. The van der Waals surface area contributed by atoms with E-state index >= 15 is 0 Å². The molecule has 4 N–H and O–H groups in total. The van der Waals surface area contributed by atoms with Crippen LogP contribution in [0.2, 0.25) is 0 Å². The van der Waals surface area contributed by atoms with Gasteiger partial charge in [-0.25, -0.2) is 5.48 Å². The lowest BCUT2D eigenvalue weighted by Gasteiger charge is -2.30. The van der Waals surface area contributed by atoms with Gasteiger partial charge in [-0.1, -0.05) is 43.3 Å². The van der Waals surface area contributed by atoms with E-state index in [2.05, 4.69) is 53.8 Å². The van der Waals surface area contributed by atoms with Crippen LogP contribution in [-0.2, 0) is 11.2 Å². The Balaban J connectivity index is 1.60. The number of hydrogen-bond donors (Lipinski definition) is 4. The monoisotopic (exact) mass is 424 g/mol. The van der Waals surface area contributed by atoms with Gasteiger partial charge in [0.1, 0.15) is 6.04 Å². The average Bonchev–Trinajstić information content (AvgIpc) is 2.82. The predicted octanol–water partition coefficient (Wildman–Crippen LogP) is 2.20. The third kappa shape index (κ3) is 6.37. The molecule has 2 aromatic rings. The van der Waals surface area contributed by atoms with Crippen molar-refractivity contribution in [1.29, 1.82) is 0 Å². The van der Waals surface area contributed by atoms with Crippen LogP contribution in [0.3, 0.4) is 0 Å². The van der Waals surface area contributed by atoms with E-state index in [1.54, 1.807) is 17.6 Å². The summed E-state index contributed by atoms with van der Waals surface area (Å²) in [6.07, 6.45) is 2.96. The van der Waals surface area contributed by atoms with Gasteiger partial charge in [0.2, 0.25) is 0 Å². The third-order valence-electron chi connectivity index (χ3n) is 5.90. The smallest absolute Gasteiger partial charge is 0.267 e. The van der Waals surface area contributed by atoms with Crippen LogP contribution in [0.15, 0.2) is 48.5 Å². The molecule has 1 saturated heterocycles. The zero-order valence-corrected chi connectivity index (χ0v) is 18.2. The van der Waals surface area contributed by atoms with Gasteiger partial charge in [-0.05, 0) is 68.2 Å². The Labute approximate surface area is 183 Å². The third-order valence-corrected chi connectivity index (χ3v) is 5.90. The number of piperidine rings is 1. The zero-order valence-electron chi connectivity index (χ0n) is 18.2. The lowest BCUT2D eigenvalue weighted by atomic mass is 10.0. The van der Waals surface area contributed by atoms with Crippen LogP contribution >= 0.6 is 0 Å². The average molecular weight is 425 g/mol. The molecule has 0 saturated carbocycles. The Morgan fingerprint density at radius 2 is 1.61 bits per heavy atom. The normalized spacial score (nSPS) is 16.0. The Morgan fingerprint density at radius 1 is 1.03 bits per heavy atom. The molecule has 166 valence electrons. The van der Waals surface area contributed by atoms with Crippen LogP contribution < -0.4 is 16.1 Å². The first kappa shape index (κ1) is 22.9. The SMILES string of the molecule is CCc1ccc(-c2ccc(C(=O)N[C@@H](CNC3CCN(C)CC3)C(=O)NO)cc2)cc1. The molecule has 1 aliphatic rings. The number of carbonyl (C=O) groups is 2. The van der Waals surface area contributed by atoms with Gasteiger partial charge < -0.3 is 15.5 Å². The molecule has 0 aromatic heterocycles. The minimum absolute atomic E-state index is 0.258. The molecule has 1 atom stereocenters.